The number of nitrogens with zero attached hydrogens (tertiary/aromatic N) is 2. The van der Waals surface area contributed by atoms with Crippen molar-refractivity contribution in [1.29, 1.82) is 0 Å². The summed E-state index contributed by atoms with van der Waals surface area (Å²) in [5, 5.41) is 9.38. The summed E-state index contributed by atoms with van der Waals surface area (Å²) in [5.41, 5.74) is 0.965. The van der Waals surface area contributed by atoms with Crippen LogP contribution in [0.2, 0.25) is 0 Å². The quantitative estimate of drug-likeness (QED) is 0.884. The van der Waals surface area contributed by atoms with Crippen molar-refractivity contribution in [2.24, 2.45) is 0 Å². The molecule has 1 N–H and O–H groups in total. The number of ether oxygens (including phenoxy) is 1. The van der Waals surface area contributed by atoms with Crippen molar-refractivity contribution in [3.8, 4) is 5.75 Å². The van der Waals surface area contributed by atoms with Crippen molar-refractivity contribution in [3.05, 3.63) is 29.6 Å². The van der Waals surface area contributed by atoms with Gasteiger partial charge in [-0.15, -0.1) is 0 Å². The third-order valence-electron chi connectivity index (χ3n) is 3.61. The van der Waals surface area contributed by atoms with Crippen LogP contribution in [0.25, 0.3) is 0 Å². The highest BCUT2D eigenvalue weighted by molar-refractivity contribution is 5.29. The molecule has 1 aromatic rings. The summed E-state index contributed by atoms with van der Waals surface area (Å²) >= 11 is 0. The fourth-order valence-corrected chi connectivity index (χ4v) is 2.57. The van der Waals surface area contributed by atoms with Gasteiger partial charge in [-0.3, -0.25) is 9.80 Å². The van der Waals surface area contributed by atoms with E-state index in [9.17, 15) is 9.50 Å². The molecule has 1 heterocycles. The van der Waals surface area contributed by atoms with E-state index in [-0.39, 0.29) is 17.7 Å². The third-order valence-corrected chi connectivity index (χ3v) is 3.61. The lowest BCUT2D eigenvalue weighted by molar-refractivity contribution is 0.0780. The van der Waals surface area contributed by atoms with Crippen LogP contribution in [-0.4, -0.2) is 60.8 Å². The number of aliphatic hydroxyl groups is 1. The molecule has 1 aliphatic rings. The fourth-order valence-electron chi connectivity index (χ4n) is 2.57. The molecule has 0 spiro atoms. The highest BCUT2D eigenvalue weighted by atomic mass is 19.1. The van der Waals surface area contributed by atoms with Crippen LogP contribution >= 0.6 is 0 Å². The maximum absolute atomic E-state index is 13.6. The van der Waals surface area contributed by atoms with Gasteiger partial charge in [-0.25, -0.2) is 4.39 Å². The number of piperazine rings is 1. The minimum Gasteiger partial charge on any atom is -0.494 e. The molecular formula is C15H23FN2O2. The van der Waals surface area contributed by atoms with E-state index >= 15 is 0 Å². The number of hydrogen-bond acceptors (Lipinski definition) is 4. The predicted octanol–water partition coefficient (Wildman–Crippen LogP) is 1.33. The second kappa shape index (κ2) is 7.02. The van der Waals surface area contributed by atoms with Gasteiger partial charge in [0.1, 0.15) is 0 Å². The van der Waals surface area contributed by atoms with Gasteiger partial charge < -0.3 is 9.84 Å². The van der Waals surface area contributed by atoms with E-state index in [1.54, 1.807) is 12.1 Å². The van der Waals surface area contributed by atoms with E-state index in [0.29, 0.717) is 0 Å². The molecule has 0 amide bonds. The Morgan fingerprint density at radius 3 is 2.45 bits per heavy atom. The van der Waals surface area contributed by atoms with Crippen LogP contribution in [0.4, 0.5) is 4.39 Å². The average Bonchev–Trinajstić information content (AvgIpc) is 2.41. The molecule has 4 nitrogen and oxygen atoms in total. The average molecular weight is 282 g/mol. The van der Waals surface area contributed by atoms with Gasteiger partial charge in [0.15, 0.2) is 11.6 Å². The lowest BCUT2D eigenvalue weighted by atomic mass is 10.1. The van der Waals surface area contributed by atoms with Crippen molar-refractivity contribution >= 4 is 0 Å². The molecule has 5 heteroatoms. The van der Waals surface area contributed by atoms with Gasteiger partial charge in [0, 0.05) is 39.3 Å². The molecule has 1 atom stereocenters. The molecule has 1 aliphatic heterocycles. The van der Waals surface area contributed by atoms with E-state index in [1.807, 2.05) is 13.0 Å². The zero-order valence-corrected chi connectivity index (χ0v) is 12.2. The highest BCUT2D eigenvalue weighted by Gasteiger charge is 2.18. The minimum atomic E-state index is -0.308. The number of rotatable bonds is 5. The molecule has 0 radical (unpaired) electrons. The number of aliphatic hydroxyl groups excluding tert-OH is 1. The van der Waals surface area contributed by atoms with Crippen molar-refractivity contribution in [1.82, 2.24) is 9.80 Å². The normalized spacial score (nSPS) is 19.0. The number of methoxy groups -OCH3 is 1. The van der Waals surface area contributed by atoms with Gasteiger partial charge in [-0.1, -0.05) is 6.07 Å². The fraction of sp³-hybridized carbons (Fsp3) is 0.600. The van der Waals surface area contributed by atoms with E-state index in [2.05, 4.69) is 9.80 Å². The summed E-state index contributed by atoms with van der Waals surface area (Å²) < 4.78 is 18.6. The maximum atomic E-state index is 13.6. The first-order valence-electron chi connectivity index (χ1n) is 7.03. The van der Waals surface area contributed by atoms with Gasteiger partial charge in [0.25, 0.3) is 0 Å². The van der Waals surface area contributed by atoms with Gasteiger partial charge in [-0.05, 0) is 24.6 Å². The molecule has 20 heavy (non-hydrogen) atoms. The van der Waals surface area contributed by atoms with Crippen molar-refractivity contribution < 1.29 is 14.2 Å². The number of β-amino-alcohol motifs (C(OH)–C–C–N with tert-alkyl or cyclic N) is 1. The zero-order valence-electron chi connectivity index (χ0n) is 12.2. The summed E-state index contributed by atoms with van der Waals surface area (Å²) in [6, 6.07) is 5.12. The van der Waals surface area contributed by atoms with Gasteiger partial charge in [0.05, 0.1) is 13.2 Å². The molecule has 1 aromatic carbocycles. The molecule has 0 saturated carbocycles. The van der Waals surface area contributed by atoms with Gasteiger partial charge >= 0.3 is 0 Å². The zero-order chi connectivity index (χ0) is 14.5. The molecule has 0 aliphatic carbocycles. The maximum Gasteiger partial charge on any atom is 0.165 e. The first kappa shape index (κ1) is 15.2. The second-order valence-corrected chi connectivity index (χ2v) is 5.39. The molecule has 0 aromatic heterocycles. The third kappa shape index (κ3) is 4.16. The van der Waals surface area contributed by atoms with Crippen LogP contribution in [0.3, 0.4) is 0 Å². The van der Waals surface area contributed by atoms with Crippen LogP contribution in [0.5, 0.6) is 5.75 Å². The van der Waals surface area contributed by atoms with Crippen molar-refractivity contribution in [2.75, 3.05) is 39.8 Å². The molecule has 1 saturated heterocycles. The van der Waals surface area contributed by atoms with Crippen LogP contribution in [0.1, 0.15) is 12.5 Å². The summed E-state index contributed by atoms with van der Waals surface area (Å²) in [6.45, 7) is 7.08. The Labute approximate surface area is 119 Å². The van der Waals surface area contributed by atoms with Gasteiger partial charge in [0.2, 0.25) is 0 Å². The Hall–Kier alpha value is -1.17. The topological polar surface area (TPSA) is 35.9 Å². The molecule has 0 bridgehead atoms. The standard InChI is InChI=1S/C15H23FN2O2/c1-12(19)10-17-5-7-18(8-6-17)11-13-3-4-15(20-2)14(16)9-13/h3-4,9,12,19H,5-8,10-11H2,1-2H3/t12-/m1/s1. The SMILES string of the molecule is COc1ccc(CN2CCN(C[C@@H](C)O)CC2)cc1F. The van der Waals surface area contributed by atoms with Crippen LogP contribution < -0.4 is 4.74 Å². The van der Waals surface area contributed by atoms with E-state index in [1.165, 1.54) is 7.11 Å². The summed E-state index contributed by atoms with van der Waals surface area (Å²) in [4.78, 5) is 4.57. The smallest absolute Gasteiger partial charge is 0.165 e. The monoisotopic (exact) mass is 282 g/mol. The van der Waals surface area contributed by atoms with E-state index in [0.717, 1.165) is 44.8 Å². The second-order valence-electron chi connectivity index (χ2n) is 5.39. The Kier molecular flexibility index (Phi) is 5.34. The lowest BCUT2D eigenvalue weighted by Crippen LogP contribution is -2.47. The van der Waals surface area contributed by atoms with Crippen LogP contribution in [0.15, 0.2) is 18.2 Å². The van der Waals surface area contributed by atoms with Crippen molar-refractivity contribution in [3.63, 3.8) is 0 Å². The van der Waals surface area contributed by atoms with Crippen LogP contribution in [-0.2, 0) is 6.54 Å². The van der Waals surface area contributed by atoms with Gasteiger partial charge in [-0.2, -0.15) is 0 Å². The molecular weight excluding hydrogens is 259 g/mol. The van der Waals surface area contributed by atoms with Crippen LogP contribution in [0, 0.1) is 5.82 Å². The number of hydrogen-bond donors (Lipinski definition) is 1. The Bertz CT molecular complexity index is 432. The highest BCUT2D eigenvalue weighted by Crippen LogP contribution is 2.19. The first-order chi connectivity index (χ1) is 9.58. The van der Waals surface area contributed by atoms with Crippen molar-refractivity contribution in [2.45, 2.75) is 19.6 Å². The van der Waals surface area contributed by atoms with E-state index in [4.69, 9.17) is 4.74 Å². The Balaban J connectivity index is 1.85. The summed E-state index contributed by atoms with van der Waals surface area (Å²) in [7, 11) is 1.47. The lowest BCUT2D eigenvalue weighted by Gasteiger charge is -2.35. The Morgan fingerprint density at radius 1 is 1.25 bits per heavy atom. The minimum absolute atomic E-state index is 0.280. The molecule has 0 unspecified atom stereocenters. The molecule has 2 rings (SSSR count). The summed E-state index contributed by atoms with van der Waals surface area (Å²) in [6.07, 6.45) is -0.280. The largest absolute Gasteiger partial charge is 0.494 e. The number of benzene rings is 1. The first-order valence-corrected chi connectivity index (χ1v) is 7.03. The predicted molar refractivity (Wildman–Crippen MR) is 76.3 cm³/mol. The van der Waals surface area contributed by atoms with E-state index < -0.39 is 0 Å². The molecule has 1 fully saturated rings. The number of halogens is 1. The Morgan fingerprint density at radius 2 is 1.90 bits per heavy atom. The molecule has 112 valence electrons. The summed E-state index contributed by atoms with van der Waals surface area (Å²) in [5.74, 6) is -0.0201.